The molecule has 12 heteroatoms. The number of aliphatic hydroxyl groups is 1. The zero-order chi connectivity index (χ0) is 26.6. The third-order valence-electron chi connectivity index (χ3n) is 6.21. The van der Waals surface area contributed by atoms with Crippen LogP contribution in [0.3, 0.4) is 0 Å². The van der Waals surface area contributed by atoms with Gasteiger partial charge in [-0.3, -0.25) is 0 Å². The number of ether oxygens (including phenoxy) is 2. The fourth-order valence-corrected chi connectivity index (χ4v) is 5.95. The standard InChI is InChI=1S/C25H34N4O7S/c1-16(2)13-29(37(32,33)19-11-21-24(26)23(12-19)36-28-21)14-22(30)20(10-17-6-4-3-5-7-17)27-25(31)35-18-8-9-34-15-18/h3-7,11-12,16,18,20,22,28,30H,8-10,13-15,26H2,1-2H3,(H,27,31). The molecule has 0 aliphatic carbocycles. The van der Waals surface area contributed by atoms with Crippen LogP contribution >= 0.6 is 0 Å². The number of sulfonamides is 1. The lowest BCUT2D eigenvalue weighted by Crippen LogP contribution is -2.51. The minimum Gasteiger partial charge on any atom is -0.444 e. The fraction of sp³-hybridized carbons (Fsp3) is 0.480. The molecule has 2 aliphatic heterocycles. The summed E-state index contributed by atoms with van der Waals surface area (Å²) in [5.74, 6) is 0.199. The van der Waals surface area contributed by atoms with Crippen molar-refractivity contribution < 1.29 is 32.6 Å². The monoisotopic (exact) mass is 534 g/mol. The van der Waals surface area contributed by atoms with E-state index in [-0.39, 0.29) is 42.2 Å². The molecule has 1 fully saturated rings. The molecule has 5 N–H and O–H groups in total. The second-order valence-corrected chi connectivity index (χ2v) is 11.6. The van der Waals surface area contributed by atoms with Crippen LogP contribution in [0.15, 0.2) is 47.4 Å². The number of benzene rings is 2. The summed E-state index contributed by atoms with van der Waals surface area (Å²) < 4.78 is 39.2. The zero-order valence-corrected chi connectivity index (χ0v) is 21.7. The van der Waals surface area contributed by atoms with Gasteiger partial charge in [-0.2, -0.15) is 4.31 Å². The lowest BCUT2D eigenvalue weighted by molar-refractivity contribution is 0.0644. The van der Waals surface area contributed by atoms with Crippen LogP contribution in [0.25, 0.3) is 0 Å². The SMILES string of the molecule is CC(C)CN(CC(O)C(Cc1ccccc1)NC(=O)OC1CCOC1)S(=O)(=O)c1cc2c(N)c(c1)ON2. The largest absolute Gasteiger partial charge is 0.444 e. The molecule has 2 aromatic rings. The molecule has 0 saturated carbocycles. The fourth-order valence-electron chi connectivity index (χ4n) is 4.29. The maximum atomic E-state index is 13.6. The Morgan fingerprint density at radius 1 is 1.27 bits per heavy atom. The third-order valence-corrected chi connectivity index (χ3v) is 8.02. The van der Waals surface area contributed by atoms with Gasteiger partial charge >= 0.3 is 6.09 Å². The van der Waals surface area contributed by atoms with Crippen molar-refractivity contribution in [1.82, 2.24) is 9.62 Å². The molecule has 2 aliphatic rings. The first-order valence-electron chi connectivity index (χ1n) is 12.3. The number of hydrogen-bond donors (Lipinski definition) is 4. The molecular formula is C25H34N4O7S. The van der Waals surface area contributed by atoms with Gasteiger partial charge in [-0.25, -0.2) is 18.7 Å². The van der Waals surface area contributed by atoms with Crippen molar-refractivity contribution in [3.8, 4) is 5.75 Å². The van der Waals surface area contributed by atoms with Gasteiger partial charge in [0.1, 0.15) is 11.8 Å². The molecule has 0 aromatic heterocycles. The van der Waals surface area contributed by atoms with E-state index >= 15 is 0 Å². The number of alkyl carbamates (subject to hydrolysis) is 1. The summed E-state index contributed by atoms with van der Waals surface area (Å²) >= 11 is 0. The smallest absolute Gasteiger partial charge is 0.407 e. The van der Waals surface area contributed by atoms with Crippen LogP contribution < -0.4 is 21.4 Å². The second-order valence-electron chi connectivity index (χ2n) is 9.70. The van der Waals surface area contributed by atoms with Crippen LogP contribution in [0.2, 0.25) is 0 Å². The van der Waals surface area contributed by atoms with Gasteiger partial charge in [0, 0.05) is 25.6 Å². The number of nitrogens with two attached hydrogens (primary N) is 1. The van der Waals surface area contributed by atoms with E-state index < -0.39 is 28.3 Å². The number of hydrogen-bond acceptors (Lipinski definition) is 9. The number of nitrogens with zero attached hydrogens (tertiary/aromatic N) is 1. The Morgan fingerprint density at radius 3 is 2.68 bits per heavy atom. The van der Waals surface area contributed by atoms with E-state index in [0.717, 1.165) is 5.56 Å². The highest BCUT2D eigenvalue weighted by Gasteiger charge is 2.34. The highest BCUT2D eigenvalue weighted by atomic mass is 32.2. The number of rotatable bonds is 11. The molecule has 3 unspecified atom stereocenters. The van der Waals surface area contributed by atoms with Crippen molar-refractivity contribution in [2.75, 3.05) is 37.5 Å². The quantitative estimate of drug-likeness (QED) is 0.318. The summed E-state index contributed by atoms with van der Waals surface area (Å²) in [6.07, 6.45) is -1.39. The Bertz CT molecular complexity index is 1160. The number of nitrogen functional groups attached to an aromatic ring is 1. The molecule has 37 heavy (non-hydrogen) atoms. The van der Waals surface area contributed by atoms with Gasteiger partial charge in [0.15, 0.2) is 5.75 Å². The van der Waals surface area contributed by atoms with Gasteiger partial charge in [0.2, 0.25) is 10.0 Å². The Kier molecular flexibility index (Phi) is 8.42. The minimum atomic E-state index is -4.03. The average Bonchev–Trinajstić information content (AvgIpc) is 3.41. The number of nitrogens with one attached hydrogen (secondary N) is 2. The third kappa shape index (κ3) is 6.63. The molecule has 1 amide bonds. The van der Waals surface area contributed by atoms with Crippen molar-refractivity contribution >= 4 is 27.5 Å². The molecule has 4 rings (SSSR count). The highest BCUT2D eigenvalue weighted by molar-refractivity contribution is 7.89. The number of aliphatic hydroxyl groups excluding tert-OH is 1. The molecule has 3 atom stereocenters. The number of anilines is 2. The van der Waals surface area contributed by atoms with Crippen LogP contribution in [0.4, 0.5) is 16.2 Å². The molecule has 2 aromatic carbocycles. The van der Waals surface area contributed by atoms with Gasteiger partial charge in [-0.1, -0.05) is 44.2 Å². The molecule has 2 heterocycles. The summed E-state index contributed by atoms with van der Waals surface area (Å²) in [5, 5.41) is 14.0. The maximum Gasteiger partial charge on any atom is 0.407 e. The summed E-state index contributed by atoms with van der Waals surface area (Å²) in [6, 6.07) is 11.3. The summed E-state index contributed by atoms with van der Waals surface area (Å²) in [6.45, 7) is 4.53. The summed E-state index contributed by atoms with van der Waals surface area (Å²) in [5.41, 5.74) is 10.1. The van der Waals surface area contributed by atoms with E-state index in [1.165, 1.54) is 16.4 Å². The predicted molar refractivity (Wildman–Crippen MR) is 137 cm³/mol. The van der Waals surface area contributed by atoms with Crippen molar-refractivity contribution in [2.45, 2.75) is 49.8 Å². The topological polar surface area (TPSA) is 152 Å². The highest BCUT2D eigenvalue weighted by Crippen LogP contribution is 2.39. The predicted octanol–water partition coefficient (Wildman–Crippen LogP) is 2.12. The van der Waals surface area contributed by atoms with Gasteiger partial charge in [0.25, 0.3) is 0 Å². The van der Waals surface area contributed by atoms with Crippen LogP contribution in [0.1, 0.15) is 25.8 Å². The summed E-state index contributed by atoms with van der Waals surface area (Å²) in [4.78, 5) is 17.8. The van der Waals surface area contributed by atoms with E-state index in [1.807, 2.05) is 44.2 Å². The van der Waals surface area contributed by atoms with E-state index in [1.54, 1.807) is 0 Å². The lowest BCUT2D eigenvalue weighted by Gasteiger charge is -2.30. The van der Waals surface area contributed by atoms with Crippen molar-refractivity contribution in [3.05, 3.63) is 48.0 Å². The number of fused-ring (bicyclic) bond motifs is 2. The average molecular weight is 535 g/mol. The van der Waals surface area contributed by atoms with E-state index in [4.69, 9.17) is 20.0 Å². The van der Waals surface area contributed by atoms with Crippen molar-refractivity contribution in [3.63, 3.8) is 0 Å². The summed E-state index contributed by atoms with van der Waals surface area (Å²) in [7, 11) is -4.03. The second kappa shape index (κ2) is 11.5. The van der Waals surface area contributed by atoms with Gasteiger partial charge < -0.3 is 30.5 Å². The zero-order valence-electron chi connectivity index (χ0n) is 20.9. The van der Waals surface area contributed by atoms with E-state index in [9.17, 15) is 18.3 Å². The van der Waals surface area contributed by atoms with Gasteiger partial charge in [-0.15, -0.1) is 0 Å². The number of amides is 1. The molecular weight excluding hydrogens is 500 g/mol. The van der Waals surface area contributed by atoms with Gasteiger partial charge in [0.05, 0.1) is 35.9 Å². The molecule has 202 valence electrons. The first-order chi connectivity index (χ1) is 17.6. The normalized spacial score (nSPS) is 18.4. The lowest BCUT2D eigenvalue weighted by atomic mass is 10.0. The Hall–Kier alpha value is -3.06. The molecule has 1 saturated heterocycles. The van der Waals surface area contributed by atoms with E-state index in [0.29, 0.717) is 31.0 Å². The maximum absolute atomic E-state index is 13.6. The van der Waals surface area contributed by atoms with Crippen LogP contribution in [0, 0.1) is 5.92 Å². The van der Waals surface area contributed by atoms with Gasteiger partial charge in [-0.05, 0) is 24.0 Å². The van der Waals surface area contributed by atoms with Crippen LogP contribution in [-0.4, -0.2) is 68.5 Å². The molecule has 0 spiro atoms. The number of carbonyl (C=O) groups is 1. The first-order valence-corrected chi connectivity index (χ1v) is 13.7. The molecule has 2 bridgehead atoms. The Balaban J connectivity index is 1.55. The van der Waals surface area contributed by atoms with E-state index in [2.05, 4.69) is 10.8 Å². The Morgan fingerprint density at radius 2 is 2.03 bits per heavy atom. The van der Waals surface area contributed by atoms with Crippen LogP contribution in [0.5, 0.6) is 5.75 Å². The minimum absolute atomic E-state index is 0.00207. The number of carbonyl (C=O) groups excluding carboxylic acids is 1. The Labute approximate surface area is 216 Å². The first kappa shape index (κ1) is 27.0. The molecule has 11 nitrogen and oxygen atoms in total. The van der Waals surface area contributed by atoms with Crippen molar-refractivity contribution in [2.24, 2.45) is 5.92 Å². The van der Waals surface area contributed by atoms with Crippen molar-refractivity contribution in [1.29, 1.82) is 0 Å². The van der Waals surface area contributed by atoms with Crippen LogP contribution in [-0.2, 0) is 25.9 Å². The molecule has 0 radical (unpaired) electrons.